The maximum Gasteiger partial charge on any atom is 0.0654 e. The zero-order valence-corrected chi connectivity index (χ0v) is 21.8. The van der Waals surface area contributed by atoms with Gasteiger partial charge in [-0.25, -0.2) is 20.5 Å². The van der Waals surface area contributed by atoms with E-state index in [1.54, 1.807) is 0 Å². The van der Waals surface area contributed by atoms with Crippen LogP contribution in [0.4, 0.5) is 0 Å². The fraction of sp³-hybridized carbons (Fsp3) is 1.00. The second-order valence-electron chi connectivity index (χ2n) is 9.64. The van der Waals surface area contributed by atoms with E-state index < -0.39 is 0 Å². The number of hydrazine groups is 4. The second-order valence-corrected chi connectivity index (χ2v) is 9.64. The molecule has 0 aliphatic carbocycles. The lowest BCUT2D eigenvalue weighted by molar-refractivity contribution is -0.212. The van der Waals surface area contributed by atoms with Crippen LogP contribution in [0, 0.1) is 0 Å². The van der Waals surface area contributed by atoms with Crippen molar-refractivity contribution in [3.63, 3.8) is 0 Å². The Bertz CT molecular complexity index is 406. The Labute approximate surface area is 192 Å². The quantitative estimate of drug-likeness (QED) is 0.416. The molecule has 0 atom stereocenters. The first-order valence-electron chi connectivity index (χ1n) is 11.8. The topological polar surface area (TPSA) is 50.0 Å². The Balaban J connectivity index is 0.000000399. The van der Waals surface area contributed by atoms with E-state index in [-0.39, 0.29) is 0 Å². The van der Waals surface area contributed by atoms with Crippen molar-refractivity contribution in [1.82, 2.24) is 50.7 Å². The van der Waals surface area contributed by atoms with Gasteiger partial charge in [0, 0.05) is 65.4 Å². The van der Waals surface area contributed by atoms with Crippen molar-refractivity contribution in [2.24, 2.45) is 0 Å². The minimum Gasteiger partial charge on any atom is -0.308 e. The van der Waals surface area contributed by atoms with Gasteiger partial charge in [-0.3, -0.25) is 4.90 Å². The van der Waals surface area contributed by atoms with Crippen molar-refractivity contribution < 1.29 is 0 Å². The first kappa shape index (κ1) is 28.6. The molecule has 31 heavy (non-hydrogen) atoms. The molecule has 2 aliphatic heterocycles. The zero-order valence-electron chi connectivity index (χ0n) is 21.8. The van der Waals surface area contributed by atoms with Gasteiger partial charge in [0.05, 0.1) is 6.67 Å². The van der Waals surface area contributed by atoms with Gasteiger partial charge in [-0.1, -0.05) is 0 Å². The molecule has 2 fully saturated rings. The number of rotatable bonds is 11. The van der Waals surface area contributed by atoms with Crippen LogP contribution in [0.15, 0.2) is 0 Å². The van der Waals surface area contributed by atoms with Gasteiger partial charge < -0.3 is 14.7 Å². The Morgan fingerprint density at radius 2 is 1.13 bits per heavy atom. The van der Waals surface area contributed by atoms with Gasteiger partial charge in [-0.05, 0) is 69.2 Å². The van der Waals surface area contributed by atoms with E-state index in [1.807, 2.05) is 0 Å². The third kappa shape index (κ3) is 13.7. The summed E-state index contributed by atoms with van der Waals surface area (Å²) in [7, 11) is 17.0. The second kappa shape index (κ2) is 16.2. The first-order chi connectivity index (χ1) is 14.7. The van der Waals surface area contributed by atoms with E-state index in [2.05, 4.69) is 107 Å². The molecule has 10 heteroatoms. The lowest BCUT2D eigenvalue weighted by atomic mass is 10.3. The van der Waals surface area contributed by atoms with Gasteiger partial charge in [-0.15, -0.1) is 0 Å². The van der Waals surface area contributed by atoms with Gasteiger partial charge in [0.25, 0.3) is 0 Å². The molecule has 0 aromatic carbocycles. The summed E-state index contributed by atoms with van der Waals surface area (Å²) in [5, 5.41) is 9.71. The largest absolute Gasteiger partial charge is 0.308 e. The standard InChI is InChI=1S/C15H36N6.C6H16N4/c1-16(2)10-13-19-8-7-9-20(14-11-17(3)4)21(19)15-12-18(5)6;1-9(2)6-10-5-3-4-7-8-10/h7-15H2,1-6H3;7-8H,3-6H2,1-2H3. The molecule has 0 radical (unpaired) electrons. The fourth-order valence-electron chi connectivity index (χ4n) is 3.53. The maximum absolute atomic E-state index is 3.09. The Morgan fingerprint density at radius 1 is 0.613 bits per heavy atom. The maximum atomic E-state index is 3.09. The summed E-state index contributed by atoms with van der Waals surface area (Å²) in [5.74, 6) is 0. The van der Waals surface area contributed by atoms with Crippen LogP contribution in [-0.4, -0.2) is 168 Å². The van der Waals surface area contributed by atoms with E-state index in [0.717, 1.165) is 59.0 Å². The highest BCUT2D eigenvalue weighted by molar-refractivity contribution is 4.69. The Hall–Kier alpha value is -0.400. The molecule has 0 saturated carbocycles. The highest BCUT2D eigenvalue weighted by atomic mass is 15.9. The molecule has 2 heterocycles. The van der Waals surface area contributed by atoms with Crippen LogP contribution in [0.3, 0.4) is 0 Å². The molecular formula is C21H52N10. The van der Waals surface area contributed by atoms with E-state index in [9.17, 15) is 0 Å². The molecule has 2 N–H and O–H groups in total. The van der Waals surface area contributed by atoms with E-state index in [1.165, 1.54) is 25.9 Å². The molecule has 0 unspecified atom stereocenters. The molecule has 186 valence electrons. The summed E-state index contributed by atoms with van der Waals surface area (Å²) in [6.07, 6.45) is 2.49. The van der Waals surface area contributed by atoms with Crippen LogP contribution in [0.1, 0.15) is 12.8 Å². The van der Waals surface area contributed by atoms with E-state index >= 15 is 0 Å². The number of hydrogen-bond acceptors (Lipinski definition) is 10. The predicted octanol–water partition coefficient (Wildman–Crippen LogP) is -0.969. The van der Waals surface area contributed by atoms with Gasteiger partial charge in [0.15, 0.2) is 0 Å². The highest BCUT2D eigenvalue weighted by Gasteiger charge is 2.26. The summed E-state index contributed by atoms with van der Waals surface area (Å²) in [6.45, 7) is 12.1. The number of nitrogens with one attached hydrogen (secondary N) is 2. The molecule has 0 amide bonds. The summed E-state index contributed by atoms with van der Waals surface area (Å²) >= 11 is 0. The van der Waals surface area contributed by atoms with Gasteiger partial charge in [0.2, 0.25) is 0 Å². The third-order valence-electron chi connectivity index (χ3n) is 5.26. The van der Waals surface area contributed by atoms with Crippen molar-refractivity contribution in [3.05, 3.63) is 0 Å². The van der Waals surface area contributed by atoms with E-state index in [4.69, 9.17) is 0 Å². The number of nitrogens with zero attached hydrogens (tertiary/aromatic N) is 8. The Kier molecular flexibility index (Phi) is 15.0. The van der Waals surface area contributed by atoms with Gasteiger partial charge >= 0.3 is 0 Å². The molecule has 0 aromatic heterocycles. The molecule has 10 nitrogen and oxygen atoms in total. The highest BCUT2D eigenvalue weighted by Crippen LogP contribution is 2.12. The molecule has 0 aromatic rings. The molecule has 0 bridgehead atoms. The van der Waals surface area contributed by atoms with E-state index in [0.29, 0.717) is 0 Å². The van der Waals surface area contributed by atoms with Crippen LogP contribution < -0.4 is 11.0 Å². The average molecular weight is 445 g/mol. The van der Waals surface area contributed by atoms with Crippen LogP contribution >= 0.6 is 0 Å². The van der Waals surface area contributed by atoms with Crippen LogP contribution in [0.5, 0.6) is 0 Å². The normalized spacial score (nSPS) is 20.1. The molecule has 0 spiro atoms. The van der Waals surface area contributed by atoms with Crippen molar-refractivity contribution in [1.29, 1.82) is 0 Å². The molecule has 2 aliphatic rings. The zero-order chi connectivity index (χ0) is 23.2. The molecule has 2 saturated heterocycles. The Morgan fingerprint density at radius 3 is 1.55 bits per heavy atom. The summed E-state index contributed by atoms with van der Waals surface area (Å²) in [6, 6.07) is 0. The van der Waals surface area contributed by atoms with Crippen molar-refractivity contribution in [2.45, 2.75) is 12.8 Å². The third-order valence-corrected chi connectivity index (χ3v) is 5.26. The predicted molar refractivity (Wildman–Crippen MR) is 131 cm³/mol. The van der Waals surface area contributed by atoms with Gasteiger partial charge in [-0.2, -0.15) is 10.7 Å². The summed E-state index contributed by atoms with van der Waals surface area (Å²) in [4.78, 5) is 8.94. The minimum atomic E-state index is 0.965. The monoisotopic (exact) mass is 444 g/mol. The number of likely N-dealkylation sites (N-methyl/N-ethyl adjacent to an activating group) is 3. The average Bonchev–Trinajstić information content (AvgIpc) is 2.70. The SMILES string of the molecule is CN(C)CCN1CCCN(CCN(C)C)N1CCN(C)C.CN(C)CN1CCCNN1. The van der Waals surface area contributed by atoms with Crippen LogP contribution in [0.25, 0.3) is 0 Å². The van der Waals surface area contributed by atoms with Crippen LogP contribution in [0.2, 0.25) is 0 Å². The number of hydrogen-bond donors (Lipinski definition) is 2. The lowest BCUT2D eigenvalue weighted by Crippen LogP contribution is -2.61. The molecular weight excluding hydrogens is 392 g/mol. The summed E-state index contributed by atoms with van der Waals surface area (Å²) in [5.41, 5.74) is 6.18. The summed E-state index contributed by atoms with van der Waals surface area (Å²) < 4.78 is 0. The fourth-order valence-corrected chi connectivity index (χ4v) is 3.53. The van der Waals surface area contributed by atoms with Crippen molar-refractivity contribution in [2.75, 3.05) is 128 Å². The smallest absolute Gasteiger partial charge is 0.0654 e. The minimum absolute atomic E-state index is 0.965. The lowest BCUT2D eigenvalue weighted by Gasteiger charge is -2.47. The van der Waals surface area contributed by atoms with Crippen molar-refractivity contribution in [3.8, 4) is 0 Å². The van der Waals surface area contributed by atoms with Crippen molar-refractivity contribution >= 4 is 0 Å². The first-order valence-corrected chi connectivity index (χ1v) is 11.8. The van der Waals surface area contributed by atoms with Gasteiger partial charge in [0.1, 0.15) is 0 Å². The molecule has 2 rings (SSSR count). The van der Waals surface area contributed by atoms with Crippen LogP contribution in [-0.2, 0) is 0 Å².